The third-order valence-electron chi connectivity index (χ3n) is 6.21. The summed E-state index contributed by atoms with van der Waals surface area (Å²) in [4.78, 5) is 0. The normalized spacial score (nSPS) is 19.5. The van der Waals surface area contributed by atoms with Gasteiger partial charge in [0.2, 0.25) is 0 Å². The Hall–Kier alpha value is -0.995. The molecule has 0 N–H and O–H groups in total. The molecule has 1 saturated heterocycles. The molecular weight excluding hydrogens is 335 g/mol. The van der Waals surface area contributed by atoms with E-state index in [4.69, 9.17) is 14.0 Å². The molecule has 4 heteroatoms. The van der Waals surface area contributed by atoms with Crippen molar-refractivity contribution in [2.45, 2.75) is 105 Å². The third kappa shape index (κ3) is 3.68. The maximum Gasteiger partial charge on any atom is 0.495 e. The van der Waals surface area contributed by atoms with Crippen LogP contribution in [0.1, 0.15) is 91.5 Å². The maximum atomic E-state index is 6.46. The molecule has 1 aliphatic heterocycles. The molecule has 2 rings (SSSR count). The fraction of sp³-hybridized carbons (Fsp3) is 0.739. The molecule has 0 atom stereocenters. The van der Waals surface area contributed by atoms with Gasteiger partial charge in [0.25, 0.3) is 0 Å². The minimum absolute atomic E-state index is 0.0541. The molecule has 0 bridgehead atoms. The lowest BCUT2D eigenvalue weighted by atomic mass is 9.65. The number of hydrogen-bond acceptors (Lipinski definition) is 3. The van der Waals surface area contributed by atoms with Crippen molar-refractivity contribution >= 4 is 12.6 Å². The highest BCUT2D eigenvalue weighted by Gasteiger charge is 2.53. The smallest absolute Gasteiger partial charge is 0.495 e. The molecule has 0 aliphatic carbocycles. The fourth-order valence-corrected chi connectivity index (χ4v) is 4.34. The molecule has 0 aromatic heterocycles. The van der Waals surface area contributed by atoms with E-state index in [0.717, 1.165) is 11.2 Å². The summed E-state index contributed by atoms with van der Waals surface area (Å²) in [5.41, 5.74) is 5.23. The Morgan fingerprint density at radius 2 is 1.07 bits per heavy atom. The highest BCUT2D eigenvalue weighted by molar-refractivity contribution is 6.63. The van der Waals surface area contributed by atoms with Gasteiger partial charge in [0, 0.05) is 11.1 Å². The van der Waals surface area contributed by atoms with Crippen molar-refractivity contribution in [1.29, 1.82) is 0 Å². The zero-order valence-electron chi connectivity index (χ0n) is 19.8. The SMILES string of the molecule is COc1c(C(C)(C)C)c(C)c(B2OC(C)(C)C(C)(C)O2)c(C)c1C(C)(C)C. The van der Waals surface area contributed by atoms with Crippen LogP contribution in [-0.2, 0) is 20.1 Å². The Kier molecular flexibility index (Phi) is 5.39. The van der Waals surface area contributed by atoms with Gasteiger partial charge in [0.05, 0.1) is 18.3 Å². The highest BCUT2D eigenvalue weighted by Crippen LogP contribution is 2.44. The van der Waals surface area contributed by atoms with Gasteiger partial charge >= 0.3 is 7.12 Å². The van der Waals surface area contributed by atoms with Crippen molar-refractivity contribution < 1.29 is 14.0 Å². The molecule has 1 aromatic rings. The van der Waals surface area contributed by atoms with E-state index in [-0.39, 0.29) is 29.2 Å². The summed E-state index contributed by atoms with van der Waals surface area (Å²) < 4.78 is 18.9. The first kappa shape index (κ1) is 22.3. The van der Waals surface area contributed by atoms with Crippen LogP contribution < -0.4 is 10.2 Å². The topological polar surface area (TPSA) is 27.7 Å². The van der Waals surface area contributed by atoms with Crippen LogP contribution in [0.15, 0.2) is 0 Å². The van der Waals surface area contributed by atoms with E-state index in [1.807, 2.05) is 0 Å². The minimum Gasteiger partial charge on any atom is -0.496 e. The van der Waals surface area contributed by atoms with E-state index < -0.39 is 0 Å². The van der Waals surface area contributed by atoms with E-state index in [9.17, 15) is 0 Å². The van der Waals surface area contributed by atoms with Crippen molar-refractivity contribution in [2.24, 2.45) is 0 Å². The van der Waals surface area contributed by atoms with Crippen LogP contribution >= 0.6 is 0 Å². The van der Waals surface area contributed by atoms with Gasteiger partial charge in [0.1, 0.15) is 5.75 Å². The van der Waals surface area contributed by atoms with Crippen molar-refractivity contribution in [3.63, 3.8) is 0 Å². The monoisotopic (exact) mass is 374 g/mol. The zero-order valence-corrected chi connectivity index (χ0v) is 19.8. The van der Waals surface area contributed by atoms with Crippen molar-refractivity contribution in [2.75, 3.05) is 7.11 Å². The summed E-state index contributed by atoms with van der Waals surface area (Å²) in [6.07, 6.45) is 0. The van der Waals surface area contributed by atoms with Crippen molar-refractivity contribution in [3.05, 3.63) is 22.3 Å². The molecule has 0 amide bonds. The Morgan fingerprint density at radius 1 is 0.741 bits per heavy atom. The van der Waals surface area contributed by atoms with Gasteiger partial charge in [-0.1, -0.05) is 41.5 Å². The Bertz CT molecular complexity index is 676. The second-order valence-corrected chi connectivity index (χ2v) is 11.0. The molecule has 0 radical (unpaired) electrons. The number of hydrogen-bond donors (Lipinski definition) is 0. The lowest BCUT2D eigenvalue weighted by Gasteiger charge is -2.34. The summed E-state index contributed by atoms with van der Waals surface area (Å²) in [6.45, 7) is 26.3. The zero-order chi connectivity index (χ0) is 21.2. The summed E-state index contributed by atoms with van der Waals surface area (Å²) >= 11 is 0. The number of benzene rings is 1. The summed E-state index contributed by atoms with van der Waals surface area (Å²) in [5, 5.41) is 0. The average molecular weight is 374 g/mol. The van der Waals surface area contributed by atoms with Gasteiger partial charge in [-0.2, -0.15) is 0 Å². The predicted molar refractivity (Wildman–Crippen MR) is 116 cm³/mol. The number of ether oxygens (including phenoxy) is 1. The molecule has 1 heterocycles. The minimum atomic E-state index is -0.372. The van der Waals surface area contributed by atoms with E-state index in [0.29, 0.717) is 0 Å². The molecular formula is C23H39BO3. The van der Waals surface area contributed by atoms with Gasteiger partial charge in [-0.25, -0.2) is 0 Å². The van der Waals surface area contributed by atoms with Crippen LogP contribution in [0.25, 0.3) is 0 Å². The molecule has 152 valence electrons. The largest absolute Gasteiger partial charge is 0.496 e. The van der Waals surface area contributed by atoms with Gasteiger partial charge in [-0.3, -0.25) is 0 Å². The molecule has 0 unspecified atom stereocenters. The molecule has 1 fully saturated rings. The molecule has 1 aromatic carbocycles. The van der Waals surface area contributed by atoms with Crippen LogP contribution in [0.4, 0.5) is 0 Å². The predicted octanol–water partition coefficient (Wildman–Crippen LogP) is 5.21. The van der Waals surface area contributed by atoms with Gasteiger partial charge in [-0.15, -0.1) is 0 Å². The highest BCUT2D eigenvalue weighted by atomic mass is 16.7. The van der Waals surface area contributed by atoms with Gasteiger partial charge < -0.3 is 14.0 Å². The standard InChI is InChI=1S/C23H39BO3/c1-14-16(20(3,4)5)19(25-13)17(21(6,7)8)15(2)18(14)24-26-22(9,10)23(11,12)27-24/h1-13H3. The molecule has 1 aliphatic rings. The Labute approximate surface area is 167 Å². The first-order valence-electron chi connectivity index (χ1n) is 10.0. The molecule has 0 saturated carbocycles. The van der Waals surface area contributed by atoms with Crippen molar-refractivity contribution in [3.8, 4) is 5.75 Å². The Morgan fingerprint density at radius 3 is 1.33 bits per heavy atom. The van der Waals surface area contributed by atoms with Crippen LogP contribution in [-0.4, -0.2) is 25.4 Å². The lowest BCUT2D eigenvalue weighted by molar-refractivity contribution is 0.00578. The van der Waals surface area contributed by atoms with Crippen LogP contribution in [0.3, 0.4) is 0 Å². The fourth-order valence-electron chi connectivity index (χ4n) is 4.34. The first-order valence-corrected chi connectivity index (χ1v) is 10.0. The van der Waals surface area contributed by atoms with E-state index in [1.165, 1.54) is 22.3 Å². The van der Waals surface area contributed by atoms with Gasteiger partial charge in [0.15, 0.2) is 0 Å². The number of methoxy groups -OCH3 is 1. The molecule has 0 spiro atoms. The summed E-state index contributed by atoms with van der Waals surface area (Å²) in [6, 6.07) is 0. The third-order valence-corrected chi connectivity index (χ3v) is 6.21. The lowest BCUT2D eigenvalue weighted by Crippen LogP contribution is -2.41. The average Bonchev–Trinajstić information content (AvgIpc) is 2.62. The maximum absolute atomic E-state index is 6.46. The van der Waals surface area contributed by atoms with Crippen LogP contribution in [0.5, 0.6) is 5.75 Å². The molecule has 3 nitrogen and oxygen atoms in total. The Balaban J connectivity index is 2.88. The van der Waals surface area contributed by atoms with E-state index in [1.54, 1.807) is 7.11 Å². The van der Waals surface area contributed by atoms with E-state index in [2.05, 4.69) is 83.1 Å². The first-order chi connectivity index (χ1) is 12.0. The second kappa shape index (κ2) is 6.52. The number of rotatable bonds is 2. The summed E-state index contributed by atoms with van der Waals surface area (Å²) in [7, 11) is 1.41. The van der Waals surface area contributed by atoms with Gasteiger partial charge in [-0.05, 0) is 69.0 Å². The second-order valence-electron chi connectivity index (χ2n) is 11.0. The quantitative estimate of drug-likeness (QED) is 0.666. The van der Waals surface area contributed by atoms with E-state index >= 15 is 0 Å². The molecule has 27 heavy (non-hydrogen) atoms. The van der Waals surface area contributed by atoms with Crippen molar-refractivity contribution in [1.82, 2.24) is 0 Å². The van der Waals surface area contributed by atoms with Crippen LogP contribution in [0, 0.1) is 13.8 Å². The summed E-state index contributed by atoms with van der Waals surface area (Å²) in [5.74, 6) is 1.00. The van der Waals surface area contributed by atoms with Crippen LogP contribution in [0.2, 0.25) is 0 Å².